The van der Waals surface area contributed by atoms with Crippen LogP contribution in [0.15, 0.2) is 40.0 Å². The summed E-state index contributed by atoms with van der Waals surface area (Å²) in [4.78, 5) is 24.5. The van der Waals surface area contributed by atoms with Crippen LogP contribution in [0, 0.1) is 5.92 Å². The van der Waals surface area contributed by atoms with Crippen molar-refractivity contribution in [1.82, 2.24) is 0 Å². The van der Waals surface area contributed by atoms with E-state index in [0.717, 1.165) is 34.6 Å². The van der Waals surface area contributed by atoms with Crippen molar-refractivity contribution in [3.05, 3.63) is 39.9 Å². The van der Waals surface area contributed by atoms with Crippen molar-refractivity contribution in [2.75, 3.05) is 12.4 Å². The van der Waals surface area contributed by atoms with Crippen LogP contribution in [-0.2, 0) is 9.53 Å². The fraction of sp³-hybridized carbons (Fsp3) is 0.565. The predicted octanol–water partition coefficient (Wildman–Crippen LogP) is 6.67. The van der Waals surface area contributed by atoms with Crippen molar-refractivity contribution in [3.8, 4) is 0 Å². The van der Waals surface area contributed by atoms with Crippen LogP contribution in [0.1, 0.15) is 65.2 Å². The number of ether oxygens (including phenoxy) is 1. The topological polar surface area (TPSA) is 43.4 Å². The number of thioether (sulfide) groups is 1. The van der Waals surface area contributed by atoms with Gasteiger partial charge in [0, 0.05) is 21.0 Å². The van der Waals surface area contributed by atoms with Crippen molar-refractivity contribution in [1.29, 1.82) is 0 Å². The Kier molecular flexibility index (Phi) is 10.7. The lowest BCUT2D eigenvalue weighted by Crippen LogP contribution is -2.14. The molecule has 0 spiro atoms. The van der Waals surface area contributed by atoms with E-state index in [1.807, 2.05) is 32.0 Å². The number of esters is 1. The summed E-state index contributed by atoms with van der Waals surface area (Å²) in [6, 6.07) is 9.94. The van der Waals surface area contributed by atoms with Gasteiger partial charge in [-0.05, 0) is 31.1 Å². The molecular formula is C23H32O3S2. The molecule has 28 heavy (non-hydrogen) atoms. The highest BCUT2D eigenvalue weighted by Gasteiger charge is 2.10. The molecule has 2 rings (SSSR count). The number of carbonyl (C=O) groups excluding carboxylic acids is 1. The molecule has 1 atom stereocenters. The van der Waals surface area contributed by atoms with Gasteiger partial charge >= 0.3 is 5.97 Å². The fourth-order valence-corrected chi connectivity index (χ4v) is 5.01. The summed E-state index contributed by atoms with van der Waals surface area (Å²) < 4.78 is 6.48. The van der Waals surface area contributed by atoms with Crippen molar-refractivity contribution in [3.63, 3.8) is 0 Å². The molecule has 0 fully saturated rings. The summed E-state index contributed by atoms with van der Waals surface area (Å²) in [5, 5.41) is 1.20. The third-order valence-corrected chi connectivity index (χ3v) is 6.95. The number of fused-ring (bicyclic) bond motifs is 1. The van der Waals surface area contributed by atoms with Crippen LogP contribution in [-0.4, -0.2) is 18.3 Å². The first kappa shape index (κ1) is 23.0. The van der Waals surface area contributed by atoms with Crippen molar-refractivity contribution < 1.29 is 9.53 Å². The minimum absolute atomic E-state index is 0.0209. The number of unbranched alkanes of at least 4 members (excludes halogenated alkanes) is 6. The molecule has 0 aliphatic heterocycles. The van der Waals surface area contributed by atoms with Crippen molar-refractivity contribution >= 4 is 39.2 Å². The zero-order valence-electron chi connectivity index (χ0n) is 17.1. The zero-order chi connectivity index (χ0) is 20.2. The third-order valence-electron chi connectivity index (χ3n) is 4.92. The predicted molar refractivity (Wildman–Crippen MR) is 122 cm³/mol. The Hall–Kier alpha value is -1.33. The Morgan fingerprint density at radius 1 is 1.07 bits per heavy atom. The van der Waals surface area contributed by atoms with E-state index >= 15 is 0 Å². The third kappa shape index (κ3) is 7.96. The molecule has 1 aromatic heterocycles. The summed E-state index contributed by atoms with van der Waals surface area (Å²) in [7, 11) is 0. The largest absolute Gasteiger partial charge is 0.465 e. The molecule has 0 saturated carbocycles. The quantitative estimate of drug-likeness (QED) is 0.206. The van der Waals surface area contributed by atoms with Crippen LogP contribution < -0.4 is 4.74 Å². The van der Waals surface area contributed by atoms with Crippen LogP contribution in [0.5, 0.6) is 0 Å². The Morgan fingerprint density at radius 2 is 1.75 bits per heavy atom. The van der Waals surface area contributed by atoms with E-state index in [-0.39, 0.29) is 16.6 Å². The Labute approximate surface area is 176 Å². The lowest BCUT2D eigenvalue weighted by molar-refractivity contribution is -0.148. The van der Waals surface area contributed by atoms with E-state index in [1.54, 1.807) is 17.8 Å². The van der Waals surface area contributed by atoms with Crippen LogP contribution in [0.3, 0.4) is 0 Å². The van der Waals surface area contributed by atoms with E-state index in [1.165, 1.54) is 48.8 Å². The summed E-state index contributed by atoms with van der Waals surface area (Å²) in [6.45, 7) is 4.49. The number of carbonyl (C=O) groups is 1. The molecular weight excluding hydrogens is 388 g/mol. The average molecular weight is 421 g/mol. The van der Waals surface area contributed by atoms with Crippen LogP contribution >= 0.6 is 23.1 Å². The molecule has 0 aliphatic rings. The molecule has 5 heteroatoms. The zero-order valence-corrected chi connectivity index (χ0v) is 18.7. The second kappa shape index (κ2) is 13.0. The van der Waals surface area contributed by atoms with E-state index in [4.69, 9.17) is 4.74 Å². The highest BCUT2D eigenvalue weighted by Crippen LogP contribution is 2.29. The van der Waals surface area contributed by atoms with E-state index in [9.17, 15) is 9.59 Å². The maximum absolute atomic E-state index is 11.8. The van der Waals surface area contributed by atoms with Gasteiger partial charge in [-0.25, -0.2) is 0 Å². The van der Waals surface area contributed by atoms with Gasteiger partial charge in [0.25, 0.3) is 0 Å². The SMILES string of the molecule is CCC(C)C(=O)OCCCCCCCCCSc1cc(=O)sc2ccccc12. The molecule has 0 aliphatic carbocycles. The molecule has 0 saturated heterocycles. The molecule has 1 heterocycles. The van der Waals surface area contributed by atoms with Crippen LogP contribution in [0.25, 0.3) is 10.1 Å². The second-order valence-electron chi connectivity index (χ2n) is 7.23. The van der Waals surface area contributed by atoms with Crippen LogP contribution in [0.4, 0.5) is 0 Å². The van der Waals surface area contributed by atoms with Gasteiger partial charge in [-0.15, -0.1) is 11.8 Å². The maximum atomic E-state index is 11.8. The second-order valence-corrected chi connectivity index (χ2v) is 9.41. The number of hydrogen-bond acceptors (Lipinski definition) is 5. The number of benzene rings is 1. The molecule has 3 nitrogen and oxygen atoms in total. The van der Waals surface area contributed by atoms with Gasteiger partial charge in [0.2, 0.25) is 4.74 Å². The maximum Gasteiger partial charge on any atom is 0.308 e. The minimum Gasteiger partial charge on any atom is -0.465 e. The van der Waals surface area contributed by atoms with Crippen molar-refractivity contribution in [2.24, 2.45) is 5.92 Å². The van der Waals surface area contributed by atoms with E-state index in [0.29, 0.717) is 6.61 Å². The number of hydrogen-bond donors (Lipinski definition) is 0. The molecule has 0 N–H and O–H groups in total. The summed E-state index contributed by atoms with van der Waals surface area (Å²) in [6.07, 6.45) is 9.05. The van der Waals surface area contributed by atoms with Crippen molar-refractivity contribution in [2.45, 2.75) is 70.1 Å². The standard InChI is InChI=1S/C23H32O3S2/c1-3-18(2)23(25)26-15-11-7-5-4-6-8-12-16-27-21-17-22(24)28-20-14-10-9-13-19(20)21/h9-10,13-14,17-18H,3-8,11-12,15-16H2,1-2H3. The Bertz CT molecular complexity index is 785. The van der Waals surface area contributed by atoms with Crippen LogP contribution in [0.2, 0.25) is 0 Å². The lowest BCUT2D eigenvalue weighted by atomic mass is 10.1. The normalized spacial score (nSPS) is 12.2. The van der Waals surface area contributed by atoms with Gasteiger partial charge in [0.05, 0.1) is 12.5 Å². The molecule has 0 radical (unpaired) electrons. The summed E-state index contributed by atoms with van der Waals surface area (Å²) in [5.74, 6) is 1.02. The minimum atomic E-state index is -0.0593. The smallest absolute Gasteiger partial charge is 0.308 e. The molecule has 0 amide bonds. The Morgan fingerprint density at radius 3 is 2.50 bits per heavy atom. The molecule has 1 aromatic carbocycles. The van der Waals surface area contributed by atoms with Gasteiger partial charge in [-0.3, -0.25) is 9.59 Å². The van der Waals surface area contributed by atoms with Gasteiger partial charge in [-0.1, -0.05) is 75.5 Å². The molecule has 1 unspecified atom stereocenters. The fourth-order valence-electron chi connectivity index (χ4n) is 2.95. The number of rotatable bonds is 13. The molecule has 154 valence electrons. The summed E-state index contributed by atoms with van der Waals surface area (Å²) >= 11 is 3.13. The lowest BCUT2D eigenvalue weighted by Gasteiger charge is -2.09. The monoisotopic (exact) mass is 420 g/mol. The summed E-state index contributed by atoms with van der Waals surface area (Å²) in [5.41, 5.74) is 0. The molecule has 2 aromatic rings. The van der Waals surface area contributed by atoms with Gasteiger partial charge < -0.3 is 4.74 Å². The average Bonchev–Trinajstić information content (AvgIpc) is 2.70. The highest BCUT2D eigenvalue weighted by atomic mass is 32.2. The molecule has 0 bridgehead atoms. The van der Waals surface area contributed by atoms with Gasteiger partial charge in [-0.2, -0.15) is 0 Å². The van der Waals surface area contributed by atoms with E-state index < -0.39 is 0 Å². The van der Waals surface area contributed by atoms with Gasteiger partial charge in [0.1, 0.15) is 0 Å². The highest BCUT2D eigenvalue weighted by molar-refractivity contribution is 7.99. The Balaban J connectivity index is 1.52. The first-order valence-electron chi connectivity index (χ1n) is 10.4. The first-order chi connectivity index (χ1) is 13.6. The van der Waals surface area contributed by atoms with Gasteiger partial charge in [0.15, 0.2) is 0 Å². The van der Waals surface area contributed by atoms with E-state index in [2.05, 4.69) is 6.07 Å². The first-order valence-corrected chi connectivity index (χ1v) is 12.2.